The van der Waals surface area contributed by atoms with Crippen LogP contribution in [-0.4, -0.2) is 20.2 Å². The van der Waals surface area contributed by atoms with Gasteiger partial charge in [0.1, 0.15) is 0 Å². The van der Waals surface area contributed by atoms with Crippen LogP contribution in [0.25, 0.3) is 0 Å². The van der Waals surface area contributed by atoms with Gasteiger partial charge in [0.05, 0.1) is 9.16 Å². The quantitative estimate of drug-likeness (QED) is 0.427. The molecule has 0 spiro atoms. The molecule has 5 heteroatoms. The molecule has 0 aliphatic heterocycles. The minimum Gasteiger partial charge on any atom is -0.177 e. The molecule has 0 bridgehead atoms. The van der Waals surface area contributed by atoms with Crippen LogP contribution >= 0.6 is 62.3 Å². The van der Waals surface area contributed by atoms with E-state index in [4.69, 9.17) is 0 Å². The van der Waals surface area contributed by atoms with Crippen molar-refractivity contribution in [2.24, 2.45) is 0 Å². The van der Waals surface area contributed by atoms with Crippen molar-refractivity contribution in [2.75, 3.05) is 5.75 Å². The SMILES string of the molecule is CC(S)C(S)SC(S)CS. The van der Waals surface area contributed by atoms with Gasteiger partial charge in [-0.2, -0.15) is 50.5 Å². The standard InChI is InChI=1S/C5H12S5/c1-3(7)5(9)10-4(8)2-6/h3-9H,2H2,1H3. The Labute approximate surface area is 88.9 Å². The summed E-state index contributed by atoms with van der Waals surface area (Å²) in [6, 6.07) is 0. The van der Waals surface area contributed by atoms with Gasteiger partial charge in [-0.1, -0.05) is 6.92 Å². The molecule has 10 heavy (non-hydrogen) atoms. The smallest absolute Gasteiger partial charge is 0.0597 e. The van der Waals surface area contributed by atoms with Gasteiger partial charge < -0.3 is 0 Å². The van der Waals surface area contributed by atoms with Crippen LogP contribution in [0.1, 0.15) is 6.92 Å². The van der Waals surface area contributed by atoms with Gasteiger partial charge in [0.15, 0.2) is 0 Å². The Morgan fingerprint density at radius 3 is 2.10 bits per heavy atom. The molecule has 62 valence electrons. The summed E-state index contributed by atoms with van der Waals surface area (Å²) < 4.78 is 0.512. The van der Waals surface area contributed by atoms with Crippen LogP contribution in [0.2, 0.25) is 0 Å². The summed E-state index contributed by atoms with van der Waals surface area (Å²) in [4.78, 5) is 0. The van der Waals surface area contributed by atoms with Crippen LogP contribution < -0.4 is 0 Å². The summed E-state index contributed by atoms with van der Waals surface area (Å²) in [7, 11) is 0. The second-order valence-electron chi connectivity index (χ2n) is 1.90. The van der Waals surface area contributed by atoms with Gasteiger partial charge in [0, 0.05) is 11.0 Å². The van der Waals surface area contributed by atoms with Crippen molar-refractivity contribution in [1.29, 1.82) is 0 Å². The Bertz CT molecular complexity index is 84.1. The first kappa shape index (κ1) is 11.8. The molecule has 0 nitrogen and oxygen atoms in total. The first-order valence-corrected chi connectivity index (χ1v) is 6.01. The molecule has 0 aromatic rings. The number of hydrogen-bond donors (Lipinski definition) is 4. The van der Waals surface area contributed by atoms with E-state index in [1.807, 2.05) is 6.92 Å². The van der Waals surface area contributed by atoms with Crippen LogP contribution in [0.3, 0.4) is 0 Å². The van der Waals surface area contributed by atoms with Crippen molar-refractivity contribution in [3.8, 4) is 0 Å². The second-order valence-corrected chi connectivity index (χ2v) is 6.31. The highest BCUT2D eigenvalue weighted by atomic mass is 32.2. The summed E-state index contributed by atoms with van der Waals surface area (Å²) in [6.45, 7) is 2.02. The average molecular weight is 232 g/mol. The van der Waals surface area contributed by atoms with E-state index in [1.165, 1.54) is 0 Å². The molecule has 0 radical (unpaired) electrons. The fourth-order valence-corrected chi connectivity index (χ4v) is 2.54. The van der Waals surface area contributed by atoms with Gasteiger partial charge in [-0.05, 0) is 0 Å². The Balaban J connectivity index is 3.46. The Kier molecular flexibility index (Phi) is 7.39. The largest absolute Gasteiger partial charge is 0.177 e. The van der Waals surface area contributed by atoms with E-state index in [9.17, 15) is 0 Å². The normalized spacial score (nSPS) is 20.1. The highest BCUT2D eigenvalue weighted by Gasteiger charge is 2.12. The third-order valence-electron chi connectivity index (χ3n) is 0.865. The molecule has 0 amide bonds. The van der Waals surface area contributed by atoms with E-state index in [-0.39, 0.29) is 9.16 Å². The Morgan fingerprint density at radius 2 is 1.80 bits per heavy atom. The zero-order valence-corrected chi connectivity index (χ0v) is 10.0. The first-order chi connectivity index (χ1) is 4.57. The van der Waals surface area contributed by atoms with Crippen molar-refractivity contribution in [3.05, 3.63) is 0 Å². The highest BCUT2D eigenvalue weighted by Crippen LogP contribution is 2.28. The van der Waals surface area contributed by atoms with E-state index in [0.29, 0.717) is 5.25 Å². The topological polar surface area (TPSA) is 0 Å². The second kappa shape index (κ2) is 6.29. The molecule has 0 aliphatic carbocycles. The molecule has 0 fully saturated rings. The van der Waals surface area contributed by atoms with Gasteiger partial charge in [0.25, 0.3) is 0 Å². The van der Waals surface area contributed by atoms with Crippen LogP contribution in [0.5, 0.6) is 0 Å². The van der Waals surface area contributed by atoms with Crippen LogP contribution in [0.4, 0.5) is 0 Å². The van der Waals surface area contributed by atoms with E-state index in [1.54, 1.807) is 11.8 Å². The molecule has 0 rings (SSSR count). The molecule has 0 saturated heterocycles. The molecule has 0 saturated carbocycles. The maximum Gasteiger partial charge on any atom is 0.0597 e. The maximum atomic E-state index is 4.32. The molecule has 0 heterocycles. The minimum absolute atomic E-state index is 0.248. The zero-order chi connectivity index (χ0) is 8.15. The first-order valence-electron chi connectivity index (χ1n) is 2.88. The van der Waals surface area contributed by atoms with Crippen LogP contribution in [-0.2, 0) is 0 Å². The summed E-state index contributed by atoms with van der Waals surface area (Å²) in [6.07, 6.45) is 0. The lowest BCUT2D eigenvalue weighted by atomic mass is 10.5. The van der Waals surface area contributed by atoms with Gasteiger partial charge in [-0.15, -0.1) is 11.8 Å². The summed E-state index contributed by atoms with van der Waals surface area (Å²) in [5.74, 6) is 0.769. The molecule has 3 atom stereocenters. The molecule has 0 aromatic carbocycles. The predicted molar refractivity (Wildman–Crippen MR) is 65.4 cm³/mol. The summed E-state index contributed by atoms with van der Waals surface area (Å²) in [5, 5.41) is 0.294. The van der Waals surface area contributed by atoms with Gasteiger partial charge in [0.2, 0.25) is 0 Å². The summed E-state index contributed by atoms with van der Waals surface area (Å²) >= 11 is 18.6. The van der Waals surface area contributed by atoms with Gasteiger partial charge in [-0.3, -0.25) is 0 Å². The number of thioether (sulfide) groups is 1. The van der Waals surface area contributed by atoms with E-state index >= 15 is 0 Å². The molecular weight excluding hydrogens is 220 g/mol. The fraction of sp³-hybridized carbons (Fsp3) is 1.00. The number of hydrogen-bond acceptors (Lipinski definition) is 5. The molecule has 3 unspecified atom stereocenters. The summed E-state index contributed by atoms with van der Waals surface area (Å²) in [5.41, 5.74) is 0. The minimum atomic E-state index is 0.248. The number of rotatable bonds is 4. The highest BCUT2D eigenvalue weighted by molar-refractivity contribution is 8.18. The zero-order valence-electron chi connectivity index (χ0n) is 5.64. The Morgan fingerprint density at radius 1 is 1.30 bits per heavy atom. The van der Waals surface area contributed by atoms with Gasteiger partial charge >= 0.3 is 0 Å². The molecule has 0 aliphatic rings. The third-order valence-corrected chi connectivity index (χ3v) is 5.03. The lowest BCUT2D eigenvalue weighted by molar-refractivity contribution is 1.09. The average Bonchev–Trinajstić information content (AvgIpc) is 1.87. The molecule has 0 aromatic heterocycles. The third kappa shape index (κ3) is 5.41. The van der Waals surface area contributed by atoms with Crippen molar-refractivity contribution < 1.29 is 0 Å². The van der Waals surface area contributed by atoms with E-state index in [2.05, 4.69) is 50.5 Å². The maximum absolute atomic E-state index is 4.32. The van der Waals surface area contributed by atoms with Crippen molar-refractivity contribution >= 4 is 62.3 Å². The van der Waals surface area contributed by atoms with Crippen molar-refractivity contribution in [3.63, 3.8) is 0 Å². The fourth-order valence-electron chi connectivity index (χ4n) is 0.318. The van der Waals surface area contributed by atoms with E-state index in [0.717, 1.165) is 5.75 Å². The Hall–Kier alpha value is 1.75. The lowest BCUT2D eigenvalue weighted by Gasteiger charge is -2.16. The molecule has 0 N–H and O–H groups in total. The predicted octanol–water partition coefficient (Wildman–Crippen LogP) is 2.48. The lowest BCUT2D eigenvalue weighted by Crippen LogP contribution is -2.10. The van der Waals surface area contributed by atoms with Gasteiger partial charge in [-0.25, -0.2) is 0 Å². The number of thiol groups is 4. The van der Waals surface area contributed by atoms with E-state index < -0.39 is 0 Å². The monoisotopic (exact) mass is 232 g/mol. The molecular formula is C5H12S5. The van der Waals surface area contributed by atoms with Crippen molar-refractivity contribution in [1.82, 2.24) is 0 Å². The van der Waals surface area contributed by atoms with Crippen molar-refractivity contribution in [2.45, 2.75) is 21.3 Å². The van der Waals surface area contributed by atoms with Crippen LogP contribution in [0, 0.1) is 0 Å². The van der Waals surface area contributed by atoms with Crippen LogP contribution in [0.15, 0.2) is 0 Å².